The van der Waals surface area contributed by atoms with Crippen LogP contribution in [-0.4, -0.2) is 26.7 Å². The number of anilines is 1. The average Bonchev–Trinajstić information content (AvgIpc) is 3.42. The molecule has 6 heteroatoms. The molecule has 0 saturated heterocycles. The molecule has 5 rings (SSSR count). The summed E-state index contributed by atoms with van der Waals surface area (Å²) >= 11 is 0. The lowest BCUT2D eigenvalue weighted by Gasteiger charge is -2.19. The van der Waals surface area contributed by atoms with E-state index in [1.165, 1.54) is 4.57 Å². The first kappa shape index (κ1) is 17.3. The van der Waals surface area contributed by atoms with E-state index in [2.05, 4.69) is 0 Å². The minimum atomic E-state index is -0.502. The van der Waals surface area contributed by atoms with E-state index in [4.69, 9.17) is 0 Å². The molecular formula is C23H19N3O3. The van der Waals surface area contributed by atoms with Gasteiger partial charge in [-0.3, -0.25) is 9.59 Å². The Hall–Kier alpha value is -3.80. The minimum absolute atomic E-state index is 0.193. The zero-order chi connectivity index (χ0) is 20.1. The van der Waals surface area contributed by atoms with Crippen LogP contribution in [0.5, 0.6) is 5.75 Å². The number of aromatic nitrogens is 2. The maximum Gasteiger partial charge on any atom is 0.267 e. The smallest absolute Gasteiger partial charge is 0.267 e. The number of hydrogen-bond acceptors (Lipinski definition) is 3. The summed E-state index contributed by atoms with van der Waals surface area (Å²) in [7, 11) is 1.62. The molecule has 29 heavy (non-hydrogen) atoms. The van der Waals surface area contributed by atoms with E-state index in [-0.39, 0.29) is 11.3 Å². The second-order valence-corrected chi connectivity index (χ2v) is 7.22. The number of aromatic hydroxyl groups is 1. The summed E-state index contributed by atoms with van der Waals surface area (Å²) in [6.07, 6.45) is 4.52. The van der Waals surface area contributed by atoms with Gasteiger partial charge < -0.3 is 19.1 Å². The van der Waals surface area contributed by atoms with Crippen molar-refractivity contribution in [3.8, 4) is 11.4 Å². The summed E-state index contributed by atoms with van der Waals surface area (Å²) in [5.74, 6) is -0.743. The number of benzene rings is 2. The Labute approximate surface area is 166 Å². The normalized spacial score (nSPS) is 13.1. The monoisotopic (exact) mass is 385 g/mol. The zero-order valence-corrected chi connectivity index (χ0v) is 15.9. The van der Waals surface area contributed by atoms with E-state index in [0.29, 0.717) is 17.4 Å². The molecule has 144 valence electrons. The summed E-state index contributed by atoms with van der Waals surface area (Å²) in [6.45, 7) is 0.488. The van der Waals surface area contributed by atoms with Crippen LogP contribution in [0.15, 0.2) is 71.8 Å². The first-order valence-corrected chi connectivity index (χ1v) is 9.45. The van der Waals surface area contributed by atoms with Crippen LogP contribution in [-0.2, 0) is 13.5 Å². The molecule has 0 radical (unpaired) electrons. The van der Waals surface area contributed by atoms with E-state index >= 15 is 0 Å². The molecule has 0 unspecified atom stereocenters. The van der Waals surface area contributed by atoms with Gasteiger partial charge in [0.25, 0.3) is 11.5 Å². The standard InChI is InChI=1S/C23H19N3O3/c1-24-19-9-8-16(25-11-4-5-12-25)14-17(19)21(27)20(22(24)28)23(29)26-13-10-15-6-2-3-7-18(15)26/h2-9,11-12,14,27H,10,13H2,1H3. The Morgan fingerprint density at radius 2 is 1.79 bits per heavy atom. The third-order valence-corrected chi connectivity index (χ3v) is 5.60. The predicted molar refractivity (Wildman–Crippen MR) is 112 cm³/mol. The Morgan fingerprint density at radius 3 is 2.59 bits per heavy atom. The SMILES string of the molecule is Cn1c(=O)c(C(=O)N2CCc3ccccc32)c(O)c2cc(-n3cccc3)ccc21. The van der Waals surface area contributed by atoms with Crippen LogP contribution in [0, 0.1) is 0 Å². The summed E-state index contributed by atoms with van der Waals surface area (Å²) in [6, 6.07) is 16.9. The van der Waals surface area contributed by atoms with Gasteiger partial charge in [-0.05, 0) is 48.4 Å². The molecule has 1 amide bonds. The molecule has 0 aliphatic carbocycles. The number of nitrogens with zero attached hydrogens (tertiary/aromatic N) is 3. The fraction of sp³-hybridized carbons (Fsp3) is 0.130. The van der Waals surface area contributed by atoms with Crippen molar-refractivity contribution in [2.75, 3.05) is 11.4 Å². The van der Waals surface area contributed by atoms with Gasteiger partial charge >= 0.3 is 0 Å². The van der Waals surface area contributed by atoms with Crippen molar-refractivity contribution >= 4 is 22.5 Å². The Bertz CT molecular complexity index is 1320. The first-order chi connectivity index (χ1) is 14.1. The number of para-hydroxylation sites is 1. The molecule has 0 atom stereocenters. The lowest BCUT2D eigenvalue weighted by Crippen LogP contribution is -2.35. The van der Waals surface area contributed by atoms with Gasteiger partial charge in [0.1, 0.15) is 11.3 Å². The van der Waals surface area contributed by atoms with Crippen molar-refractivity contribution in [3.05, 3.63) is 88.5 Å². The second kappa shape index (κ2) is 6.38. The number of hydrogen-bond donors (Lipinski definition) is 1. The summed E-state index contributed by atoms with van der Waals surface area (Å²) in [4.78, 5) is 27.9. The fourth-order valence-corrected chi connectivity index (χ4v) is 4.06. The Kier molecular flexibility index (Phi) is 3.81. The van der Waals surface area contributed by atoms with E-state index < -0.39 is 11.5 Å². The summed E-state index contributed by atoms with van der Waals surface area (Å²) in [5, 5.41) is 11.5. The highest BCUT2D eigenvalue weighted by Gasteiger charge is 2.30. The molecule has 0 saturated carbocycles. The Balaban J connectivity index is 1.70. The molecule has 1 N–H and O–H groups in total. The Morgan fingerprint density at radius 1 is 1.03 bits per heavy atom. The van der Waals surface area contributed by atoms with Crippen LogP contribution in [0.3, 0.4) is 0 Å². The van der Waals surface area contributed by atoms with Gasteiger partial charge in [0.15, 0.2) is 0 Å². The van der Waals surface area contributed by atoms with Crippen molar-refractivity contribution in [3.63, 3.8) is 0 Å². The molecular weight excluding hydrogens is 366 g/mol. The lowest BCUT2D eigenvalue weighted by molar-refractivity contribution is 0.0985. The lowest BCUT2D eigenvalue weighted by atomic mass is 10.1. The van der Waals surface area contributed by atoms with Crippen LogP contribution in [0.25, 0.3) is 16.6 Å². The van der Waals surface area contributed by atoms with Gasteiger partial charge in [0.2, 0.25) is 0 Å². The highest BCUT2D eigenvalue weighted by Crippen LogP contribution is 2.33. The molecule has 0 bridgehead atoms. The van der Waals surface area contributed by atoms with Gasteiger partial charge in [0.05, 0.1) is 5.52 Å². The summed E-state index contributed by atoms with van der Waals surface area (Å²) in [5.41, 5.74) is 2.57. The van der Waals surface area contributed by atoms with E-state index in [0.717, 1.165) is 23.4 Å². The largest absolute Gasteiger partial charge is 0.506 e. The molecule has 2 aromatic heterocycles. The molecule has 4 aromatic rings. The summed E-state index contributed by atoms with van der Waals surface area (Å²) < 4.78 is 3.33. The zero-order valence-electron chi connectivity index (χ0n) is 15.9. The van der Waals surface area contributed by atoms with E-state index in [1.807, 2.05) is 59.4 Å². The maximum absolute atomic E-state index is 13.3. The van der Waals surface area contributed by atoms with Gasteiger partial charge in [-0.25, -0.2) is 0 Å². The fourth-order valence-electron chi connectivity index (χ4n) is 4.06. The third-order valence-electron chi connectivity index (χ3n) is 5.60. The molecule has 0 fully saturated rings. The maximum atomic E-state index is 13.3. The van der Waals surface area contributed by atoms with E-state index in [1.54, 1.807) is 24.1 Å². The van der Waals surface area contributed by atoms with Crippen LogP contribution >= 0.6 is 0 Å². The molecule has 2 aromatic carbocycles. The molecule has 0 spiro atoms. The van der Waals surface area contributed by atoms with Gasteiger partial charge in [-0.1, -0.05) is 18.2 Å². The van der Waals surface area contributed by atoms with Crippen molar-refractivity contribution in [1.29, 1.82) is 0 Å². The van der Waals surface area contributed by atoms with Crippen molar-refractivity contribution in [1.82, 2.24) is 9.13 Å². The topological polar surface area (TPSA) is 67.5 Å². The predicted octanol–water partition coefficient (Wildman–Crippen LogP) is 3.24. The number of rotatable bonds is 2. The van der Waals surface area contributed by atoms with Crippen molar-refractivity contribution < 1.29 is 9.90 Å². The molecule has 6 nitrogen and oxygen atoms in total. The van der Waals surface area contributed by atoms with E-state index in [9.17, 15) is 14.7 Å². The highest BCUT2D eigenvalue weighted by atomic mass is 16.3. The van der Waals surface area contributed by atoms with Gasteiger partial charge in [-0.2, -0.15) is 0 Å². The number of amides is 1. The van der Waals surface area contributed by atoms with Crippen LogP contribution in [0.2, 0.25) is 0 Å². The second-order valence-electron chi connectivity index (χ2n) is 7.22. The van der Waals surface area contributed by atoms with Crippen molar-refractivity contribution in [2.24, 2.45) is 7.05 Å². The number of carbonyl (C=O) groups is 1. The van der Waals surface area contributed by atoms with Crippen LogP contribution in [0.4, 0.5) is 5.69 Å². The van der Waals surface area contributed by atoms with Crippen molar-refractivity contribution in [2.45, 2.75) is 6.42 Å². The number of carbonyl (C=O) groups excluding carboxylic acids is 1. The molecule has 3 heterocycles. The number of pyridine rings is 1. The number of aryl methyl sites for hydroxylation is 1. The van der Waals surface area contributed by atoms with Gasteiger partial charge in [0, 0.05) is 42.7 Å². The first-order valence-electron chi connectivity index (χ1n) is 9.45. The van der Waals surface area contributed by atoms with Crippen LogP contribution in [0.1, 0.15) is 15.9 Å². The average molecular weight is 385 g/mol. The number of fused-ring (bicyclic) bond motifs is 2. The third kappa shape index (κ3) is 2.56. The minimum Gasteiger partial charge on any atom is -0.506 e. The molecule has 1 aliphatic rings. The van der Waals surface area contributed by atoms with Gasteiger partial charge in [-0.15, -0.1) is 0 Å². The quantitative estimate of drug-likeness (QED) is 0.576. The van der Waals surface area contributed by atoms with Crippen LogP contribution < -0.4 is 10.5 Å². The highest BCUT2D eigenvalue weighted by molar-refractivity contribution is 6.11. The molecule has 1 aliphatic heterocycles.